The molecule has 2 heterocycles. The number of aromatic amines is 1. The molecule has 1 aliphatic carbocycles. The molecule has 1 saturated heterocycles. The Morgan fingerprint density at radius 2 is 1.78 bits per heavy atom. The Morgan fingerprint density at radius 3 is 2.43 bits per heavy atom. The molecule has 1 saturated carbocycles. The SMILES string of the molecule is CCC/C(N/N=C\NC)=C(\Cc1ccc(-c2ccccc2-c2noc(=O)[nH]2)cc1)C(=O)N[C@H]1CC[C@H](OCCN2C[C@@H](C)O[C@@H](C)C2)CC1. The van der Waals surface area contributed by atoms with E-state index in [1.54, 1.807) is 13.4 Å². The quantitative estimate of drug-likeness (QED) is 0.0787. The summed E-state index contributed by atoms with van der Waals surface area (Å²) in [5, 5.41) is 14.4. The van der Waals surface area contributed by atoms with Gasteiger partial charge in [-0.05, 0) is 62.6 Å². The largest absolute Gasteiger partial charge is 0.439 e. The average Bonchev–Trinajstić information content (AvgIpc) is 3.53. The number of H-pyrrole nitrogens is 1. The van der Waals surface area contributed by atoms with Crippen LogP contribution >= 0.6 is 0 Å². The van der Waals surface area contributed by atoms with Gasteiger partial charge in [0.05, 0.1) is 24.9 Å². The molecule has 3 aromatic rings. The van der Waals surface area contributed by atoms with Crippen LogP contribution in [-0.2, 0) is 20.7 Å². The molecule has 2 fully saturated rings. The first-order valence-electron chi connectivity index (χ1n) is 17.5. The molecule has 0 unspecified atom stereocenters. The van der Waals surface area contributed by atoms with Gasteiger partial charge in [-0.15, -0.1) is 0 Å². The number of ether oxygens (including phenoxy) is 2. The van der Waals surface area contributed by atoms with Crippen molar-refractivity contribution in [2.24, 2.45) is 5.10 Å². The van der Waals surface area contributed by atoms with Gasteiger partial charge in [-0.3, -0.25) is 24.6 Å². The zero-order chi connectivity index (χ0) is 34.6. The third kappa shape index (κ3) is 10.4. The maximum Gasteiger partial charge on any atom is 0.439 e. The van der Waals surface area contributed by atoms with E-state index in [4.69, 9.17) is 14.0 Å². The Balaban J connectivity index is 1.23. The molecule has 1 aliphatic heterocycles. The summed E-state index contributed by atoms with van der Waals surface area (Å²) in [6, 6.07) is 15.9. The molecule has 1 amide bonds. The minimum atomic E-state index is -0.599. The predicted molar refractivity (Wildman–Crippen MR) is 191 cm³/mol. The van der Waals surface area contributed by atoms with Crippen molar-refractivity contribution in [1.29, 1.82) is 0 Å². The van der Waals surface area contributed by atoms with Crippen LogP contribution in [0.4, 0.5) is 0 Å². The molecule has 264 valence electrons. The lowest BCUT2D eigenvalue weighted by Gasteiger charge is -2.36. The number of carbonyl (C=O) groups is 1. The lowest BCUT2D eigenvalue weighted by molar-refractivity contribution is -0.118. The normalized spacial score (nSPS) is 22.1. The van der Waals surface area contributed by atoms with Crippen LogP contribution in [0.5, 0.6) is 0 Å². The van der Waals surface area contributed by atoms with Crippen LogP contribution in [0.3, 0.4) is 0 Å². The number of hydrogen-bond donors (Lipinski definition) is 4. The molecule has 0 radical (unpaired) electrons. The molecule has 5 rings (SSSR count). The van der Waals surface area contributed by atoms with Crippen LogP contribution < -0.4 is 21.8 Å². The fourth-order valence-corrected chi connectivity index (χ4v) is 6.78. The first-order chi connectivity index (χ1) is 23.8. The second kappa shape index (κ2) is 17.9. The van der Waals surface area contributed by atoms with Gasteiger partial charge in [0.1, 0.15) is 6.34 Å². The molecule has 4 N–H and O–H groups in total. The zero-order valence-corrected chi connectivity index (χ0v) is 29.2. The Hall–Kier alpha value is -4.26. The van der Waals surface area contributed by atoms with E-state index in [1.807, 2.05) is 48.5 Å². The van der Waals surface area contributed by atoms with Crippen molar-refractivity contribution in [3.05, 3.63) is 75.9 Å². The fourth-order valence-electron chi connectivity index (χ4n) is 6.78. The standard InChI is InChI=1S/C37H51N7O5/c1-5-8-34(42-39-24-38-4)33(21-27-11-13-28(14-12-27)31-9-6-7-10-32(31)35-41-37(46)49-43-35)36(45)40-29-15-17-30(18-16-29)47-20-19-44-22-25(2)48-26(3)23-44/h6-7,9-14,24-26,29-30,42H,5,8,15-23H2,1-4H3,(H,38,39)(H,40,45)(H,41,43,46)/b34-33-/t25-,26+,29-,30-. The van der Waals surface area contributed by atoms with Gasteiger partial charge < -0.3 is 20.1 Å². The van der Waals surface area contributed by atoms with Gasteiger partial charge in [-0.2, -0.15) is 5.10 Å². The van der Waals surface area contributed by atoms with Gasteiger partial charge in [0.2, 0.25) is 5.91 Å². The summed E-state index contributed by atoms with van der Waals surface area (Å²) in [7, 11) is 1.78. The summed E-state index contributed by atoms with van der Waals surface area (Å²) in [5.74, 6) is -0.291. The van der Waals surface area contributed by atoms with Crippen LogP contribution in [0.15, 0.2) is 74.2 Å². The lowest BCUT2D eigenvalue weighted by atomic mass is 9.92. The Kier molecular flexibility index (Phi) is 13.2. The molecule has 2 aliphatic rings. The number of allylic oxidation sites excluding steroid dienone is 1. The molecule has 0 spiro atoms. The third-order valence-electron chi connectivity index (χ3n) is 9.07. The van der Waals surface area contributed by atoms with Crippen LogP contribution in [0.25, 0.3) is 22.5 Å². The molecular formula is C37H51N7O5. The van der Waals surface area contributed by atoms with Crippen molar-refractivity contribution in [3.8, 4) is 22.5 Å². The van der Waals surface area contributed by atoms with E-state index in [9.17, 15) is 9.59 Å². The number of hydrogen-bond acceptors (Lipinski definition) is 9. The van der Waals surface area contributed by atoms with Gasteiger partial charge in [0.15, 0.2) is 5.82 Å². The number of rotatable bonds is 15. The Morgan fingerprint density at radius 1 is 1.06 bits per heavy atom. The fraction of sp³-hybridized carbons (Fsp3) is 0.514. The highest BCUT2D eigenvalue weighted by Crippen LogP contribution is 2.30. The monoisotopic (exact) mass is 673 g/mol. The molecule has 0 bridgehead atoms. The molecule has 2 aromatic carbocycles. The third-order valence-corrected chi connectivity index (χ3v) is 9.07. The van der Waals surface area contributed by atoms with E-state index < -0.39 is 5.76 Å². The molecule has 2 atom stereocenters. The first kappa shape index (κ1) is 36.0. The minimum absolute atomic E-state index is 0.0695. The van der Waals surface area contributed by atoms with Crippen molar-refractivity contribution in [2.45, 2.75) is 90.1 Å². The van der Waals surface area contributed by atoms with E-state index in [2.05, 4.69) is 57.0 Å². The van der Waals surface area contributed by atoms with Crippen molar-refractivity contribution >= 4 is 12.2 Å². The van der Waals surface area contributed by atoms with E-state index in [1.165, 1.54) is 0 Å². The van der Waals surface area contributed by atoms with E-state index in [0.717, 1.165) is 86.3 Å². The number of morpholine rings is 1. The number of carbonyl (C=O) groups excluding carboxylic acids is 1. The molecule has 12 heteroatoms. The highest BCUT2D eigenvalue weighted by atomic mass is 16.5. The van der Waals surface area contributed by atoms with Crippen LogP contribution in [0, 0.1) is 0 Å². The molecule has 1 aromatic heterocycles. The highest BCUT2D eigenvalue weighted by molar-refractivity contribution is 5.95. The summed E-state index contributed by atoms with van der Waals surface area (Å²) in [4.78, 5) is 30.6. The number of hydrazone groups is 1. The number of benzene rings is 2. The number of amides is 1. The number of aromatic nitrogens is 2. The molecule has 49 heavy (non-hydrogen) atoms. The van der Waals surface area contributed by atoms with Gasteiger partial charge in [0.25, 0.3) is 0 Å². The average molecular weight is 674 g/mol. The summed E-state index contributed by atoms with van der Waals surface area (Å²) >= 11 is 0. The summed E-state index contributed by atoms with van der Waals surface area (Å²) < 4.78 is 16.9. The number of nitrogens with zero attached hydrogens (tertiary/aromatic N) is 3. The second-order valence-electron chi connectivity index (χ2n) is 13.1. The first-order valence-corrected chi connectivity index (χ1v) is 17.5. The smallest absolute Gasteiger partial charge is 0.378 e. The van der Waals surface area contributed by atoms with Gasteiger partial charge in [-0.1, -0.05) is 67.0 Å². The summed E-state index contributed by atoms with van der Waals surface area (Å²) in [6.07, 6.45) is 7.92. The van der Waals surface area contributed by atoms with Crippen molar-refractivity contribution in [3.63, 3.8) is 0 Å². The lowest BCUT2D eigenvalue weighted by Crippen LogP contribution is -2.46. The molecular weight excluding hydrogens is 622 g/mol. The van der Waals surface area contributed by atoms with Crippen molar-refractivity contribution in [1.82, 2.24) is 31.1 Å². The van der Waals surface area contributed by atoms with Crippen LogP contribution in [0.1, 0.15) is 64.9 Å². The Labute approximate surface area is 288 Å². The molecule has 12 nitrogen and oxygen atoms in total. The topological polar surface area (TPSA) is 146 Å². The predicted octanol–water partition coefficient (Wildman–Crippen LogP) is 4.60. The van der Waals surface area contributed by atoms with Gasteiger partial charge in [-0.25, -0.2) is 4.79 Å². The van der Waals surface area contributed by atoms with Crippen molar-refractivity contribution in [2.75, 3.05) is 33.3 Å². The van der Waals surface area contributed by atoms with E-state index in [0.29, 0.717) is 24.2 Å². The van der Waals surface area contributed by atoms with E-state index >= 15 is 0 Å². The number of nitrogens with one attached hydrogen (secondary N) is 4. The van der Waals surface area contributed by atoms with Crippen LogP contribution in [-0.4, -0.2) is 84.9 Å². The van der Waals surface area contributed by atoms with E-state index in [-0.39, 0.29) is 30.3 Å². The van der Waals surface area contributed by atoms with Crippen LogP contribution in [0.2, 0.25) is 0 Å². The van der Waals surface area contributed by atoms with Gasteiger partial charge >= 0.3 is 5.76 Å². The minimum Gasteiger partial charge on any atom is -0.378 e. The Bertz CT molecular complexity index is 1600. The van der Waals surface area contributed by atoms with Crippen molar-refractivity contribution < 1.29 is 18.8 Å². The maximum atomic E-state index is 14.0. The van der Waals surface area contributed by atoms with Gasteiger partial charge in [0, 0.05) is 56.0 Å². The summed E-state index contributed by atoms with van der Waals surface area (Å²) in [6.45, 7) is 9.88. The highest BCUT2D eigenvalue weighted by Gasteiger charge is 2.26. The second-order valence-corrected chi connectivity index (χ2v) is 13.1. The summed E-state index contributed by atoms with van der Waals surface area (Å²) in [5.41, 5.74) is 8.24. The zero-order valence-electron chi connectivity index (χ0n) is 29.2. The maximum absolute atomic E-state index is 14.0.